The van der Waals surface area contributed by atoms with E-state index in [9.17, 15) is 4.79 Å². The summed E-state index contributed by atoms with van der Waals surface area (Å²) in [4.78, 5) is 11.6. The monoisotopic (exact) mass is 165 g/mol. The lowest BCUT2D eigenvalue weighted by molar-refractivity contribution is 0.0930. The Morgan fingerprint density at radius 2 is 2.58 bits per heavy atom. The Morgan fingerprint density at radius 1 is 1.67 bits per heavy atom. The van der Waals surface area contributed by atoms with Crippen molar-refractivity contribution in [3.8, 4) is 0 Å². The van der Waals surface area contributed by atoms with Crippen LogP contribution in [0.4, 0.5) is 0 Å². The van der Waals surface area contributed by atoms with Gasteiger partial charge in [-0.3, -0.25) is 4.79 Å². The van der Waals surface area contributed by atoms with Gasteiger partial charge in [0.1, 0.15) is 6.26 Å². The van der Waals surface area contributed by atoms with Crippen LogP contribution in [0.3, 0.4) is 0 Å². The number of carbonyl (C=O) groups excluding carboxylic acids is 1. The summed E-state index contributed by atoms with van der Waals surface area (Å²) in [5.74, 6) is 0.358. The summed E-state index contributed by atoms with van der Waals surface area (Å²) < 4.78 is 4.85. The van der Waals surface area contributed by atoms with Crippen LogP contribution in [0.5, 0.6) is 0 Å². The van der Waals surface area contributed by atoms with Gasteiger partial charge in [-0.2, -0.15) is 0 Å². The zero-order valence-corrected chi connectivity index (χ0v) is 6.75. The standard InChI is InChI=1S/C9H11NO2/c11-9(7-1-3-10-5-7)8-2-4-12-6-8/h2,4,6-7,10H,1,3,5H2. The first-order valence-corrected chi connectivity index (χ1v) is 4.15. The van der Waals surface area contributed by atoms with E-state index in [2.05, 4.69) is 5.32 Å². The van der Waals surface area contributed by atoms with E-state index in [1.54, 1.807) is 6.07 Å². The normalized spacial score (nSPS) is 22.8. The Kier molecular flexibility index (Phi) is 1.96. The second kappa shape index (κ2) is 3.11. The topological polar surface area (TPSA) is 42.2 Å². The Labute approximate surface area is 70.8 Å². The number of nitrogens with one attached hydrogen (secondary N) is 1. The fourth-order valence-electron chi connectivity index (χ4n) is 1.52. The van der Waals surface area contributed by atoms with Gasteiger partial charge in [-0.15, -0.1) is 0 Å². The van der Waals surface area contributed by atoms with Gasteiger partial charge in [-0.05, 0) is 19.0 Å². The van der Waals surface area contributed by atoms with Crippen LogP contribution in [0.1, 0.15) is 16.8 Å². The fourth-order valence-corrected chi connectivity index (χ4v) is 1.52. The van der Waals surface area contributed by atoms with Crippen LogP contribution in [0.15, 0.2) is 23.0 Å². The van der Waals surface area contributed by atoms with Gasteiger partial charge in [0.2, 0.25) is 0 Å². The third kappa shape index (κ3) is 1.28. The highest BCUT2D eigenvalue weighted by Gasteiger charge is 2.23. The third-order valence-electron chi connectivity index (χ3n) is 2.24. The second-order valence-electron chi connectivity index (χ2n) is 3.07. The zero-order valence-electron chi connectivity index (χ0n) is 6.75. The molecule has 0 bridgehead atoms. The van der Waals surface area contributed by atoms with Gasteiger partial charge in [-0.1, -0.05) is 0 Å². The first kappa shape index (κ1) is 7.55. The molecule has 2 rings (SSSR count). The fraction of sp³-hybridized carbons (Fsp3) is 0.444. The average molecular weight is 165 g/mol. The van der Waals surface area contributed by atoms with Crippen molar-refractivity contribution in [2.45, 2.75) is 6.42 Å². The minimum atomic E-state index is 0.155. The quantitative estimate of drug-likeness (QED) is 0.666. The highest BCUT2D eigenvalue weighted by Crippen LogP contribution is 2.15. The van der Waals surface area contributed by atoms with E-state index in [4.69, 9.17) is 4.42 Å². The number of hydrogen-bond donors (Lipinski definition) is 1. The molecule has 0 aliphatic carbocycles. The van der Waals surface area contributed by atoms with Crippen molar-refractivity contribution in [2.24, 2.45) is 5.92 Å². The first-order chi connectivity index (χ1) is 5.88. The Bertz CT molecular complexity index is 260. The van der Waals surface area contributed by atoms with Crippen LogP contribution in [0, 0.1) is 5.92 Å². The van der Waals surface area contributed by atoms with Crippen molar-refractivity contribution in [1.82, 2.24) is 5.32 Å². The van der Waals surface area contributed by atoms with Crippen molar-refractivity contribution in [2.75, 3.05) is 13.1 Å². The van der Waals surface area contributed by atoms with Crippen molar-refractivity contribution in [3.05, 3.63) is 24.2 Å². The van der Waals surface area contributed by atoms with Crippen molar-refractivity contribution < 1.29 is 9.21 Å². The number of Topliss-reactive ketones (excluding diaryl/α,β-unsaturated/α-hetero) is 1. The molecule has 1 unspecified atom stereocenters. The molecule has 1 N–H and O–H groups in total. The number of carbonyl (C=O) groups is 1. The molecule has 1 saturated heterocycles. The van der Waals surface area contributed by atoms with Crippen molar-refractivity contribution >= 4 is 5.78 Å². The van der Waals surface area contributed by atoms with Crippen LogP contribution in [-0.4, -0.2) is 18.9 Å². The van der Waals surface area contributed by atoms with Gasteiger partial charge >= 0.3 is 0 Å². The summed E-state index contributed by atoms with van der Waals surface area (Å²) in [7, 11) is 0. The maximum absolute atomic E-state index is 11.6. The molecule has 1 aliphatic heterocycles. The number of hydrogen-bond acceptors (Lipinski definition) is 3. The summed E-state index contributed by atoms with van der Waals surface area (Å²) in [5, 5.41) is 3.16. The minimum absolute atomic E-state index is 0.155. The molecule has 3 nitrogen and oxygen atoms in total. The molecule has 1 atom stereocenters. The van der Waals surface area contributed by atoms with Gasteiger partial charge in [0, 0.05) is 12.5 Å². The maximum atomic E-state index is 11.6. The lowest BCUT2D eigenvalue weighted by atomic mass is 9.99. The van der Waals surface area contributed by atoms with Gasteiger partial charge < -0.3 is 9.73 Å². The molecule has 0 aromatic carbocycles. The zero-order chi connectivity index (χ0) is 8.39. The van der Waals surface area contributed by atoms with E-state index in [1.165, 1.54) is 12.5 Å². The molecular formula is C9H11NO2. The Morgan fingerprint density at radius 3 is 3.17 bits per heavy atom. The lowest BCUT2D eigenvalue weighted by Gasteiger charge is -2.03. The van der Waals surface area contributed by atoms with Gasteiger partial charge in [-0.25, -0.2) is 0 Å². The average Bonchev–Trinajstić information content (AvgIpc) is 2.77. The summed E-state index contributed by atoms with van der Waals surface area (Å²) >= 11 is 0. The predicted octanol–water partition coefficient (Wildman–Crippen LogP) is 1.07. The summed E-state index contributed by atoms with van der Waals surface area (Å²) in [6.45, 7) is 1.76. The highest BCUT2D eigenvalue weighted by molar-refractivity contribution is 5.97. The van der Waals surface area contributed by atoms with Crippen LogP contribution in [-0.2, 0) is 0 Å². The molecule has 0 radical (unpaired) electrons. The molecule has 1 aromatic heterocycles. The van der Waals surface area contributed by atoms with E-state index in [-0.39, 0.29) is 11.7 Å². The molecule has 1 fully saturated rings. The summed E-state index contributed by atoms with van der Waals surface area (Å²) in [5.41, 5.74) is 0.698. The molecule has 0 amide bonds. The predicted molar refractivity (Wildman–Crippen MR) is 44.0 cm³/mol. The van der Waals surface area contributed by atoms with Gasteiger partial charge in [0.15, 0.2) is 5.78 Å². The molecule has 3 heteroatoms. The smallest absolute Gasteiger partial charge is 0.170 e. The molecular weight excluding hydrogens is 154 g/mol. The largest absolute Gasteiger partial charge is 0.472 e. The van der Waals surface area contributed by atoms with E-state index in [0.29, 0.717) is 5.56 Å². The lowest BCUT2D eigenvalue weighted by Crippen LogP contribution is -2.17. The van der Waals surface area contributed by atoms with Crippen LogP contribution in [0.25, 0.3) is 0 Å². The number of ketones is 1. The van der Waals surface area contributed by atoms with Crippen LogP contribution >= 0.6 is 0 Å². The molecule has 64 valence electrons. The Hall–Kier alpha value is -1.09. The minimum Gasteiger partial charge on any atom is -0.472 e. The number of furan rings is 1. The van der Waals surface area contributed by atoms with E-state index in [1.807, 2.05) is 0 Å². The highest BCUT2D eigenvalue weighted by atomic mass is 16.3. The molecule has 12 heavy (non-hydrogen) atoms. The van der Waals surface area contributed by atoms with Crippen molar-refractivity contribution in [1.29, 1.82) is 0 Å². The summed E-state index contributed by atoms with van der Waals surface area (Å²) in [6, 6.07) is 1.72. The van der Waals surface area contributed by atoms with Crippen LogP contribution < -0.4 is 5.32 Å². The van der Waals surface area contributed by atoms with Crippen molar-refractivity contribution in [3.63, 3.8) is 0 Å². The molecule has 1 aliphatic rings. The SMILES string of the molecule is O=C(c1ccoc1)C1CCNC1. The summed E-state index contributed by atoms with van der Waals surface area (Å²) in [6.07, 6.45) is 4.00. The molecule has 0 spiro atoms. The number of rotatable bonds is 2. The second-order valence-corrected chi connectivity index (χ2v) is 3.07. The third-order valence-corrected chi connectivity index (χ3v) is 2.24. The maximum Gasteiger partial charge on any atom is 0.170 e. The Balaban J connectivity index is 2.09. The van der Waals surface area contributed by atoms with E-state index >= 15 is 0 Å². The molecule has 2 heterocycles. The first-order valence-electron chi connectivity index (χ1n) is 4.15. The van der Waals surface area contributed by atoms with Gasteiger partial charge in [0.25, 0.3) is 0 Å². The molecule has 0 saturated carbocycles. The van der Waals surface area contributed by atoms with Gasteiger partial charge in [0.05, 0.1) is 11.8 Å². The van der Waals surface area contributed by atoms with Crippen LogP contribution in [0.2, 0.25) is 0 Å². The van der Waals surface area contributed by atoms with E-state index in [0.717, 1.165) is 19.5 Å². The van der Waals surface area contributed by atoms with E-state index < -0.39 is 0 Å². The molecule has 1 aromatic rings.